The summed E-state index contributed by atoms with van der Waals surface area (Å²) in [6.45, 7) is 4.48. The smallest absolute Gasteiger partial charge is 0.0455 e. The highest BCUT2D eigenvalue weighted by molar-refractivity contribution is 6.31. The number of aliphatic hydroxyl groups excluding tert-OH is 1. The number of rotatable bonds is 3. The molecule has 1 heterocycles. The van der Waals surface area contributed by atoms with Gasteiger partial charge in [-0.1, -0.05) is 17.7 Å². The van der Waals surface area contributed by atoms with Gasteiger partial charge in [0.05, 0.1) is 0 Å². The first-order valence-corrected chi connectivity index (χ1v) is 6.21. The summed E-state index contributed by atoms with van der Waals surface area (Å²) in [7, 11) is 0. The maximum Gasteiger partial charge on any atom is 0.0455 e. The number of anilines is 1. The maximum atomic E-state index is 8.94. The molecule has 2 nitrogen and oxygen atoms in total. The predicted octanol–water partition coefficient (Wildman–Crippen LogP) is 2.86. The lowest BCUT2D eigenvalue weighted by molar-refractivity contribution is 0.263. The average molecular weight is 240 g/mol. The van der Waals surface area contributed by atoms with Gasteiger partial charge >= 0.3 is 0 Å². The molecule has 0 saturated carbocycles. The molecule has 0 aromatic heterocycles. The molecule has 16 heavy (non-hydrogen) atoms. The zero-order valence-electron chi connectivity index (χ0n) is 9.62. The van der Waals surface area contributed by atoms with Crippen LogP contribution in [0.1, 0.15) is 18.4 Å². The Bertz CT molecular complexity index is 367. The van der Waals surface area contributed by atoms with E-state index in [9.17, 15) is 0 Å². The summed E-state index contributed by atoms with van der Waals surface area (Å²) >= 11 is 6.12. The van der Waals surface area contributed by atoms with Gasteiger partial charge < -0.3 is 10.0 Å². The molecule has 1 aliphatic rings. The first-order chi connectivity index (χ1) is 7.72. The highest BCUT2D eigenvalue weighted by Gasteiger charge is 2.23. The second-order valence-corrected chi connectivity index (χ2v) is 4.90. The predicted molar refractivity (Wildman–Crippen MR) is 68.2 cm³/mol. The van der Waals surface area contributed by atoms with Gasteiger partial charge in [-0.05, 0) is 43.4 Å². The van der Waals surface area contributed by atoms with E-state index in [2.05, 4.69) is 17.9 Å². The lowest BCUT2D eigenvalue weighted by Gasteiger charge is -2.21. The minimum absolute atomic E-state index is 0.299. The Kier molecular flexibility index (Phi) is 3.72. The van der Waals surface area contributed by atoms with E-state index in [0.29, 0.717) is 12.5 Å². The molecule has 0 amide bonds. The zero-order chi connectivity index (χ0) is 11.5. The van der Waals surface area contributed by atoms with Crippen molar-refractivity contribution in [2.75, 3.05) is 24.6 Å². The molecule has 1 aliphatic heterocycles. The Morgan fingerprint density at radius 1 is 1.50 bits per heavy atom. The molecule has 1 unspecified atom stereocenters. The summed E-state index contributed by atoms with van der Waals surface area (Å²) < 4.78 is 0. The van der Waals surface area contributed by atoms with Crippen LogP contribution in [0, 0.1) is 12.8 Å². The maximum absolute atomic E-state index is 8.94. The molecule has 0 aliphatic carbocycles. The number of nitrogens with zero attached hydrogens (tertiary/aromatic N) is 1. The average Bonchev–Trinajstić information content (AvgIpc) is 2.71. The van der Waals surface area contributed by atoms with Gasteiger partial charge in [-0.2, -0.15) is 0 Å². The van der Waals surface area contributed by atoms with Crippen LogP contribution in [0.15, 0.2) is 18.2 Å². The molecule has 2 rings (SSSR count). The second kappa shape index (κ2) is 5.07. The number of aliphatic hydroxyl groups is 1. The van der Waals surface area contributed by atoms with E-state index < -0.39 is 0 Å². The molecule has 1 N–H and O–H groups in total. The number of benzene rings is 1. The van der Waals surface area contributed by atoms with E-state index in [-0.39, 0.29) is 0 Å². The molecule has 1 atom stereocenters. The summed E-state index contributed by atoms with van der Waals surface area (Å²) in [6.07, 6.45) is 2.09. The summed E-state index contributed by atoms with van der Waals surface area (Å²) in [4.78, 5) is 2.38. The van der Waals surface area contributed by atoms with Crippen LogP contribution in [0.2, 0.25) is 5.02 Å². The van der Waals surface area contributed by atoms with Crippen LogP contribution < -0.4 is 4.90 Å². The Morgan fingerprint density at radius 3 is 3.06 bits per heavy atom. The molecule has 0 spiro atoms. The monoisotopic (exact) mass is 239 g/mol. The molecular formula is C13H18ClNO. The summed E-state index contributed by atoms with van der Waals surface area (Å²) in [5.74, 6) is 0.628. The molecule has 1 aromatic carbocycles. The summed E-state index contributed by atoms with van der Waals surface area (Å²) in [5.41, 5.74) is 2.40. The van der Waals surface area contributed by atoms with Crippen LogP contribution in [-0.4, -0.2) is 24.8 Å². The first-order valence-electron chi connectivity index (χ1n) is 5.83. The fraction of sp³-hybridized carbons (Fsp3) is 0.538. The zero-order valence-corrected chi connectivity index (χ0v) is 10.4. The van der Waals surface area contributed by atoms with E-state index in [1.807, 2.05) is 12.1 Å². The van der Waals surface area contributed by atoms with Crippen LogP contribution in [0.25, 0.3) is 0 Å². The number of halogens is 1. The first kappa shape index (κ1) is 11.7. The molecule has 1 aromatic rings. The van der Waals surface area contributed by atoms with Crippen molar-refractivity contribution in [3.63, 3.8) is 0 Å². The Balaban J connectivity index is 2.11. The van der Waals surface area contributed by atoms with Crippen LogP contribution in [0.5, 0.6) is 0 Å². The summed E-state index contributed by atoms with van der Waals surface area (Å²) in [5, 5.41) is 9.78. The molecule has 0 radical (unpaired) electrons. The largest absolute Gasteiger partial charge is 0.396 e. The summed E-state index contributed by atoms with van der Waals surface area (Å²) in [6, 6.07) is 6.06. The van der Waals surface area contributed by atoms with Gasteiger partial charge in [0.1, 0.15) is 0 Å². The van der Waals surface area contributed by atoms with Crippen molar-refractivity contribution < 1.29 is 5.11 Å². The fourth-order valence-electron chi connectivity index (χ4n) is 2.41. The van der Waals surface area contributed by atoms with Crippen LogP contribution >= 0.6 is 11.6 Å². The minimum Gasteiger partial charge on any atom is -0.396 e. The quantitative estimate of drug-likeness (QED) is 0.877. The standard InChI is InChI=1S/C13H18ClNO/c1-10-12(14)3-2-4-13(10)15-7-5-11(9-15)6-8-16/h2-4,11,16H,5-9H2,1H3. The van der Waals surface area contributed by atoms with Crippen molar-refractivity contribution in [1.82, 2.24) is 0 Å². The molecule has 0 bridgehead atoms. The third kappa shape index (κ3) is 2.33. The van der Waals surface area contributed by atoms with E-state index in [1.54, 1.807) is 0 Å². The Hall–Kier alpha value is -0.730. The van der Waals surface area contributed by atoms with Gasteiger partial charge in [0.2, 0.25) is 0 Å². The molecular weight excluding hydrogens is 222 g/mol. The van der Waals surface area contributed by atoms with Gasteiger partial charge in [-0.3, -0.25) is 0 Å². The van der Waals surface area contributed by atoms with Crippen LogP contribution in [0.3, 0.4) is 0 Å². The van der Waals surface area contributed by atoms with Crippen LogP contribution in [-0.2, 0) is 0 Å². The normalized spacial score (nSPS) is 20.4. The lowest BCUT2D eigenvalue weighted by Crippen LogP contribution is -2.20. The van der Waals surface area contributed by atoms with Gasteiger partial charge in [0.15, 0.2) is 0 Å². The van der Waals surface area contributed by atoms with Crippen molar-refractivity contribution in [3.05, 3.63) is 28.8 Å². The third-order valence-corrected chi connectivity index (χ3v) is 3.81. The second-order valence-electron chi connectivity index (χ2n) is 4.50. The van der Waals surface area contributed by atoms with E-state index in [1.165, 1.54) is 12.1 Å². The number of hydrogen-bond donors (Lipinski definition) is 1. The van der Waals surface area contributed by atoms with Gasteiger partial charge in [0, 0.05) is 30.4 Å². The van der Waals surface area contributed by atoms with Crippen LogP contribution in [0.4, 0.5) is 5.69 Å². The van der Waals surface area contributed by atoms with Crippen molar-refractivity contribution in [3.8, 4) is 0 Å². The minimum atomic E-state index is 0.299. The van der Waals surface area contributed by atoms with E-state index >= 15 is 0 Å². The lowest BCUT2D eigenvalue weighted by atomic mass is 10.1. The van der Waals surface area contributed by atoms with E-state index in [0.717, 1.165) is 30.1 Å². The molecule has 3 heteroatoms. The van der Waals surface area contributed by atoms with Crippen molar-refractivity contribution in [1.29, 1.82) is 0 Å². The topological polar surface area (TPSA) is 23.5 Å². The Labute approximate surface area is 102 Å². The van der Waals surface area contributed by atoms with Crippen molar-refractivity contribution in [2.45, 2.75) is 19.8 Å². The van der Waals surface area contributed by atoms with E-state index in [4.69, 9.17) is 16.7 Å². The van der Waals surface area contributed by atoms with Gasteiger partial charge in [0.25, 0.3) is 0 Å². The highest BCUT2D eigenvalue weighted by Crippen LogP contribution is 2.31. The van der Waals surface area contributed by atoms with Crippen molar-refractivity contribution in [2.24, 2.45) is 5.92 Å². The molecule has 1 saturated heterocycles. The highest BCUT2D eigenvalue weighted by atomic mass is 35.5. The third-order valence-electron chi connectivity index (χ3n) is 3.40. The Morgan fingerprint density at radius 2 is 2.31 bits per heavy atom. The number of hydrogen-bond acceptors (Lipinski definition) is 2. The van der Waals surface area contributed by atoms with Gasteiger partial charge in [-0.15, -0.1) is 0 Å². The molecule has 88 valence electrons. The fourth-order valence-corrected chi connectivity index (χ4v) is 2.58. The SMILES string of the molecule is Cc1c(Cl)cccc1N1CCC(CCO)C1. The van der Waals surface area contributed by atoms with Crippen molar-refractivity contribution >= 4 is 17.3 Å². The van der Waals surface area contributed by atoms with Gasteiger partial charge in [-0.25, -0.2) is 0 Å². The molecule has 1 fully saturated rings.